The molecule has 1 rings (SSSR count). The summed E-state index contributed by atoms with van der Waals surface area (Å²) in [6.45, 7) is 6.71. The zero-order valence-corrected chi connectivity index (χ0v) is 12.8. The van der Waals surface area contributed by atoms with Crippen LogP contribution in [-0.2, 0) is 4.74 Å². The van der Waals surface area contributed by atoms with Gasteiger partial charge in [-0.1, -0.05) is 29.3 Å². The van der Waals surface area contributed by atoms with Crippen LogP contribution in [0.3, 0.4) is 0 Å². The van der Waals surface area contributed by atoms with E-state index in [1.807, 2.05) is 7.11 Å². The molecule has 0 radical (unpaired) electrons. The van der Waals surface area contributed by atoms with Crippen molar-refractivity contribution in [3.8, 4) is 0 Å². The van der Waals surface area contributed by atoms with E-state index in [2.05, 4.69) is 36.7 Å². The molecule has 0 amide bonds. The summed E-state index contributed by atoms with van der Waals surface area (Å²) in [7, 11) is 1.82. The van der Waals surface area contributed by atoms with Gasteiger partial charge >= 0.3 is 0 Å². The standard InChI is InChI=1S/C14H27BrO/c1-5-11-6-7-13(15)12(10-11)8-9-14(2,3)16-4/h11-13H,5-10H2,1-4H3. The van der Waals surface area contributed by atoms with E-state index in [0.717, 1.165) is 16.7 Å². The fraction of sp³-hybridized carbons (Fsp3) is 1.00. The first-order valence-electron chi connectivity index (χ1n) is 6.67. The maximum atomic E-state index is 5.50. The van der Waals surface area contributed by atoms with Crippen molar-refractivity contribution in [1.82, 2.24) is 0 Å². The number of ether oxygens (including phenoxy) is 1. The van der Waals surface area contributed by atoms with Crippen LogP contribution in [0.15, 0.2) is 0 Å². The Morgan fingerprint density at radius 1 is 1.31 bits per heavy atom. The molecule has 3 atom stereocenters. The lowest BCUT2D eigenvalue weighted by molar-refractivity contribution is 0.00853. The quantitative estimate of drug-likeness (QED) is 0.662. The molecule has 1 aliphatic rings. The summed E-state index contributed by atoms with van der Waals surface area (Å²) in [5.74, 6) is 1.82. The Bertz CT molecular complexity index is 203. The van der Waals surface area contributed by atoms with Crippen LogP contribution in [-0.4, -0.2) is 17.5 Å². The predicted octanol–water partition coefficient (Wildman–Crippen LogP) is 4.78. The van der Waals surface area contributed by atoms with E-state index in [0.29, 0.717) is 0 Å². The van der Waals surface area contributed by atoms with Crippen LogP contribution >= 0.6 is 15.9 Å². The van der Waals surface area contributed by atoms with Crippen molar-refractivity contribution in [2.24, 2.45) is 11.8 Å². The molecule has 0 heterocycles. The van der Waals surface area contributed by atoms with Crippen molar-refractivity contribution in [2.45, 2.75) is 69.7 Å². The van der Waals surface area contributed by atoms with Gasteiger partial charge in [0.1, 0.15) is 0 Å². The highest BCUT2D eigenvalue weighted by Crippen LogP contribution is 2.38. The highest BCUT2D eigenvalue weighted by atomic mass is 79.9. The number of alkyl halides is 1. The molecule has 0 bridgehead atoms. The Labute approximate surface area is 109 Å². The maximum Gasteiger partial charge on any atom is 0.0622 e. The van der Waals surface area contributed by atoms with Crippen molar-refractivity contribution < 1.29 is 4.74 Å². The van der Waals surface area contributed by atoms with E-state index in [1.165, 1.54) is 38.5 Å². The van der Waals surface area contributed by atoms with Gasteiger partial charge in [0.25, 0.3) is 0 Å². The second-order valence-electron chi connectivity index (χ2n) is 5.87. The summed E-state index contributed by atoms with van der Waals surface area (Å²) >= 11 is 3.86. The van der Waals surface area contributed by atoms with E-state index in [4.69, 9.17) is 4.74 Å². The van der Waals surface area contributed by atoms with E-state index in [-0.39, 0.29) is 5.60 Å². The average molecular weight is 291 g/mol. The van der Waals surface area contributed by atoms with Gasteiger partial charge < -0.3 is 4.74 Å². The number of hydrogen-bond donors (Lipinski definition) is 0. The average Bonchev–Trinajstić information content (AvgIpc) is 2.28. The summed E-state index contributed by atoms with van der Waals surface area (Å²) in [6.07, 6.45) is 8.00. The van der Waals surface area contributed by atoms with E-state index >= 15 is 0 Å². The Morgan fingerprint density at radius 3 is 2.56 bits per heavy atom. The van der Waals surface area contributed by atoms with Crippen LogP contribution in [0.5, 0.6) is 0 Å². The van der Waals surface area contributed by atoms with Crippen LogP contribution in [0.2, 0.25) is 0 Å². The molecular weight excluding hydrogens is 264 g/mol. The third kappa shape index (κ3) is 4.37. The zero-order valence-electron chi connectivity index (χ0n) is 11.3. The van der Waals surface area contributed by atoms with Gasteiger partial charge in [-0.25, -0.2) is 0 Å². The lowest BCUT2D eigenvalue weighted by atomic mass is 9.77. The Kier molecular flexibility index (Phi) is 5.79. The first-order valence-corrected chi connectivity index (χ1v) is 7.59. The minimum Gasteiger partial charge on any atom is -0.379 e. The molecule has 0 aromatic heterocycles. The molecule has 0 saturated heterocycles. The molecule has 96 valence electrons. The van der Waals surface area contributed by atoms with Crippen molar-refractivity contribution in [2.75, 3.05) is 7.11 Å². The smallest absolute Gasteiger partial charge is 0.0622 e. The first-order chi connectivity index (χ1) is 7.48. The van der Waals surface area contributed by atoms with Gasteiger partial charge in [-0.05, 0) is 57.8 Å². The minimum atomic E-state index is 0.0475. The fourth-order valence-electron chi connectivity index (χ4n) is 2.63. The van der Waals surface area contributed by atoms with Crippen LogP contribution < -0.4 is 0 Å². The molecule has 1 fully saturated rings. The van der Waals surface area contributed by atoms with Gasteiger partial charge in [-0.3, -0.25) is 0 Å². The van der Waals surface area contributed by atoms with E-state index in [9.17, 15) is 0 Å². The van der Waals surface area contributed by atoms with Crippen LogP contribution in [0.1, 0.15) is 59.3 Å². The molecule has 1 saturated carbocycles. The van der Waals surface area contributed by atoms with Crippen molar-refractivity contribution in [3.63, 3.8) is 0 Å². The summed E-state index contributed by atoms with van der Waals surface area (Å²) < 4.78 is 5.50. The van der Waals surface area contributed by atoms with Crippen LogP contribution in [0, 0.1) is 11.8 Å². The SMILES string of the molecule is CCC1CCC(Br)C(CCC(C)(C)OC)C1. The number of halogens is 1. The molecular formula is C14H27BrO. The van der Waals surface area contributed by atoms with Gasteiger partial charge in [0, 0.05) is 11.9 Å². The molecule has 0 aliphatic heterocycles. The monoisotopic (exact) mass is 290 g/mol. The highest BCUT2D eigenvalue weighted by Gasteiger charge is 2.29. The number of rotatable bonds is 5. The Morgan fingerprint density at radius 2 is 2.00 bits per heavy atom. The Balaban J connectivity index is 2.39. The first kappa shape index (κ1) is 14.5. The van der Waals surface area contributed by atoms with Gasteiger partial charge in [-0.15, -0.1) is 0 Å². The summed E-state index contributed by atoms with van der Waals surface area (Å²) in [5, 5.41) is 0. The van der Waals surface area contributed by atoms with Crippen LogP contribution in [0.25, 0.3) is 0 Å². The normalized spacial score (nSPS) is 31.7. The minimum absolute atomic E-state index is 0.0475. The Hall–Kier alpha value is 0.440. The van der Waals surface area contributed by atoms with Crippen molar-refractivity contribution in [1.29, 1.82) is 0 Å². The van der Waals surface area contributed by atoms with E-state index in [1.54, 1.807) is 0 Å². The summed E-state index contributed by atoms with van der Waals surface area (Å²) in [6, 6.07) is 0. The largest absolute Gasteiger partial charge is 0.379 e. The maximum absolute atomic E-state index is 5.50. The fourth-order valence-corrected chi connectivity index (χ4v) is 3.37. The van der Waals surface area contributed by atoms with Gasteiger partial charge in [0.05, 0.1) is 5.60 Å². The molecule has 1 aliphatic carbocycles. The van der Waals surface area contributed by atoms with Gasteiger partial charge in [0.2, 0.25) is 0 Å². The molecule has 0 spiro atoms. The van der Waals surface area contributed by atoms with Crippen LogP contribution in [0.4, 0.5) is 0 Å². The van der Waals surface area contributed by atoms with Gasteiger partial charge in [0.15, 0.2) is 0 Å². The molecule has 2 heteroatoms. The van der Waals surface area contributed by atoms with Crippen molar-refractivity contribution in [3.05, 3.63) is 0 Å². The summed E-state index contributed by atoms with van der Waals surface area (Å²) in [4.78, 5) is 0.739. The second-order valence-corrected chi connectivity index (χ2v) is 7.04. The molecule has 0 aromatic rings. The number of hydrogen-bond acceptors (Lipinski definition) is 1. The lowest BCUT2D eigenvalue weighted by Gasteiger charge is -2.34. The third-order valence-electron chi connectivity index (χ3n) is 4.25. The second kappa shape index (κ2) is 6.39. The topological polar surface area (TPSA) is 9.23 Å². The highest BCUT2D eigenvalue weighted by molar-refractivity contribution is 9.09. The molecule has 1 nitrogen and oxygen atoms in total. The van der Waals surface area contributed by atoms with E-state index < -0.39 is 0 Å². The van der Waals surface area contributed by atoms with Gasteiger partial charge in [-0.2, -0.15) is 0 Å². The number of methoxy groups -OCH3 is 1. The predicted molar refractivity (Wildman–Crippen MR) is 74.2 cm³/mol. The zero-order chi connectivity index (χ0) is 12.2. The molecule has 3 unspecified atom stereocenters. The molecule has 0 N–H and O–H groups in total. The molecule has 0 aromatic carbocycles. The lowest BCUT2D eigenvalue weighted by Crippen LogP contribution is -2.29. The summed E-state index contributed by atoms with van der Waals surface area (Å²) in [5.41, 5.74) is 0.0475. The van der Waals surface area contributed by atoms with Crippen molar-refractivity contribution >= 4 is 15.9 Å². The molecule has 16 heavy (non-hydrogen) atoms. The third-order valence-corrected chi connectivity index (χ3v) is 5.45.